The van der Waals surface area contributed by atoms with Crippen molar-refractivity contribution in [1.29, 1.82) is 0 Å². The molecule has 0 amide bonds. The molecule has 0 heterocycles. The minimum atomic E-state index is 0.433. The van der Waals surface area contributed by atoms with Crippen molar-refractivity contribution in [3.05, 3.63) is 23.5 Å². The Morgan fingerprint density at radius 3 is 1.43 bits per heavy atom. The maximum Gasteiger partial charge on any atom is 0.0963 e. The van der Waals surface area contributed by atoms with Crippen LogP contribution < -0.4 is 11.5 Å². The van der Waals surface area contributed by atoms with E-state index < -0.39 is 0 Å². The molecule has 0 saturated carbocycles. The van der Waals surface area contributed by atoms with Crippen molar-refractivity contribution >= 4 is 0 Å². The third kappa shape index (κ3) is 17.3. The number of hydrogen-bond acceptors (Lipinski definition) is 2. The third-order valence-corrected chi connectivity index (χ3v) is 4.55. The number of rotatable bonds is 16. The van der Waals surface area contributed by atoms with E-state index in [1.807, 2.05) is 13.0 Å². The van der Waals surface area contributed by atoms with Crippen LogP contribution in [0.15, 0.2) is 23.5 Å². The van der Waals surface area contributed by atoms with E-state index in [0.29, 0.717) is 5.82 Å². The van der Waals surface area contributed by atoms with Gasteiger partial charge in [0.05, 0.1) is 5.82 Å². The van der Waals surface area contributed by atoms with Crippen molar-refractivity contribution in [2.45, 2.75) is 110 Å². The van der Waals surface area contributed by atoms with Gasteiger partial charge in [-0.25, -0.2) is 0 Å². The Labute approximate surface area is 145 Å². The first-order valence-corrected chi connectivity index (χ1v) is 10.1. The van der Waals surface area contributed by atoms with Gasteiger partial charge in [0.1, 0.15) is 0 Å². The SMILES string of the molecule is CCCCCCCCCCCCCCCCC=CC(C)=C(N)N. The van der Waals surface area contributed by atoms with Gasteiger partial charge < -0.3 is 11.5 Å². The van der Waals surface area contributed by atoms with Crippen molar-refractivity contribution in [1.82, 2.24) is 0 Å². The molecule has 2 nitrogen and oxygen atoms in total. The van der Waals surface area contributed by atoms with E-state index >= 15 is 0 Å². The van der Waals surface area contributed by atoms with Gasteiger partial charge in [-0.2, -0.15) is 0 Å². The fourth-order valence-electron chi connectivity index (χ4n) is 2.81. The number of hydrogen-bond donors (Lipinski definition) is 2. The van der Waals surface area contributed by atoms with Gasteiger partial charge in [0.15, 0.2) is 0 Å². The summed E-state index contributed by atoms with van der Waals surface area (Å²) < 4.78 is 0. The zero-order valence-corrected chi connectivity index (χ0v) is 15.9. The summed E-state index contributed by atoms with van der Waals surface area (Å²) in [4.78, 5) is 0. The fourth-order valence-corrected chi connectivity index (χ4v) is 2.81. The highest BCUT2D eigenvalue weighted by Gasteiger charge is 1.94. The second-order valence-electron chi connectivity index (χ2n) is 6.93. The maximum atomic E-state index is 5.51. The van der Waals surface area contributed by atoms with Gasteiger partial charge in [0.2, 0.25) is 0 Å². The van der Waals surface area contributed by atoms with Crippen molar-refractivity contribution in [2.24, 2.45) is 11.5 Å². The van der Waals surface area contributed by atoms with Gasteiger partial charge in [-0.05, 0) is 25.3 Å². The molecule has 0 rings (SSSR count). The second-order valence-corrected chi connectivity index (χ2v) is 6.93. The van der Waals surface area contributed by atoms with Gasteiger partial charge in [-0.15, -0.1) is 0 Å². The predicted octanol–water partition coefficient (Wildman–Crippen LogP) is 6.56. The topological polar surface area (TPSA) is 52.0 Å². The molecule has 0 atom stereocenters. The Bertz CT molecular complexity index is 301. The third-order valence-electron chi connectivity index (χ3n) is 4.55. The van der Waals surface area contributed by atoms with Crippen LogP contribution in [0.4, 0.5) is 0 Å². The average molecular weight is 323 g/mol. The molecule has 0 fully saturated rings. The molecule has 0 aliphatic rings. The van der Waals surface area contributed by atoms with Crippen LogP contribution in [0.3, 0.4) is 0 Å². The van der Waals surface area contributed by atoms with Gasteiger partial charge >= 0.3 is 0 Å². The summed E-state index contributed by atoms with van der Waals surface area (Å²) in [6.45, 7) is 4.24. The summed E-state index contributed by atoms with van der Waals surface area (Å²) in [5.74, 6) is 0.433. The molecule has 0 bridgehead atoms. The summed E-state index contributed by atoms with van der Waals surface area (Å²) in [6, 6.07) is 0. The van der Waals surface area contributed by atoms with Crippen LogP contribution in [-0.2, 0) is 0 Å². The molecule has 0 aromatic rings. The molecule has 0 aliphatic carbocycles. The minimum absolute atomic E-state index is 0.433. The first kappa shape index (κ1) is 22.1. The molecule has 136 valence electrons. The normalized spacial score (nSPS) is 11.2. The largest absolute Gasteiger partial charge is 0.385 e. The number of unbranched alkanes of at least 4 members (excludes halogenated alkanes) is 14. The molecule has 0 aromatic carbocycles. The van der Waals surface area contributed by atoms with Gasteiger partial charge in [-0.1, -0.05) is 103 Å². The van der Waals surface area contributed by atoms with Crippen LogP contribution in [0.25, 0.3) is 0 Å². The zero-order chi connectivity index (χ0) is 17.2. The Kier molecular flexibility index (Phi) is 16.7. The Hall–Kier alpha value is -0.920. The highest BCUT2D eigenvalue weighted by molar-refractivity contribution is 5.19. The highest BCUT2D eigenvalue weighted by Crippen LogP contribution is 2.13. The van der Waals surface area contributed by atoms with E-state index in [1.165, 1.54) is 89.9 Å². The van der Waals surface area contributed by atoms with Crippen molar-refractivity contribution in [2.75, 3.05) is 0 Å². The van der Waals surface area contributed by atoms with Crippen LogP contribution in [0.5, 0.6) is 0 Å². The molecule has 0 unspecified atom stereocenters. The van der Waals surface area contributed by atoms with E-state index in [4.69, 9.17) is 11.5 Å². The maximum absolute atomic E-state index is 5.51. The van der Waals surface area contributed by atoms with E-state index in [2.05, 4.69) is 13.0 Å². The summed E-state index contributed by atoms with van der Waals surface area (Å²) in [5.41, 5.74) is 12.0. The highest BCUT2D eigenvalue weighted by atomic mass is 14.8. The zero-order valence-electron chi connectivity index (χ0n) is 15.9. The van der Waals surface area contributed by atoms with E-state index in [9.17, 15) is 0 Å². The fraction of sp³-hybridized carbons (Fsp3) is 0.810. The van der Waals surface area contributed by atoms with Crippen molar-refractivity contribution < 1.29 is 0 Å². The van der Waals surface area contributed by atoms with E-state index in [1.54, 1.807) is 0 Å². The van der Waals surface area contributed by atoms with Gasteiger partial charge in [0.25, 0.3) is 0 Å². The van der Waals surface area contributed by atoms with E-state index in [0.717, 1.165) is 12.0 Å². The molecular weight excluding hydrogens is 280 g/mol. The molecule has 2 heteroatoms. The van der Waals surface area contributed by atoms with Crippen LogP contribution in [0.2, 0.25) is 0 Å². The quantitative estimate of drug-likeness (QED) is 0.249. The lowest BCUT2D eigenvalue weighted by molar-refractivity contribution is 0.536. The summed E-state index contributed by atoms with van der Waals surface area (Å²) in [6.07, 6.45) is 25.2. The average Bonchev–Trinajstić information content (AvgIpc) is 2.54. The van der Waals surface area contributed by atoms with E-state index in [-0.39, 0.29) is 0 Å². The standard InChI is InChI=1S/C21H42N2/c1-3-4-5-6-7-8-9-10-11-12-13-14-15-16-17-18-19-20(2)21(22)23/h18-19H,3-17,22-23H2,1-2H3. The lowest BCUT2D eigenvalue weighted by atomic mass is 10.0. The van der Waals surface area contributed by atoms with Crippen LogP contribution in [0.1, 0.15) is 110 Å². The Morgan fingerprint density at radius 2 is 1.04 bits per heavy atom. The van der Waals surface area contributed by atoms with Crippen molar-refractivity contribution in [3.8, 4) is 0 Å². The minimum Gasteiger partial charge on any atom is -0.385 e. The van der Waals surface area contributed by atoms with Crippen LogP contribution in [0, 0.1) is 0 Å². The van der Waals surface area contributed by atoms with Crippen LogP contribution >= 0.6 is 0 Å². The molecule has 0 radical (unpaired) electrons. The molecule has 0 aliphatic heterocycles. The first-order valence-electron chi connectivity index (χ1n) is 10.1. The molecule has 23 heavy (non-hydrogen) atoms. The molecular formula is C21H42N2. The Morgan fingerprint density at radius 1 is 0.652 bits per heavy atom. The smallest absolute Gasteiger partial charge is 0.0963 e. The first-order chi connectivity index (χ1) is 11.2. The van der Waals surface area contributed by atoms with Crippen molar-refractivity contribution in [3.63, 3.8) is 0 Å². The number of nitrogens with two attached hydrogens (primary N) is 2. The summed E-state index contributed by atoms with van der Waals surface area (Å²) in [5, 5.41) is 0. The summed E-state index contributed by atoms with van der Waals surface area (Å²) in [7, 11) is 0. The number of allylic oxidation sites excluding steroid dienone is 3. The summed E-state index contributed by atoms with van der Waals surface area (Å²) >= 11 is 0. The monoisotopic (exact) mass is 322 g/mol. The lowest BCUT2D eigenvalue weighted by Gasteiger charge is -2.03. The second kappa shape index (κ2) is 17.4. The Balaban J connectivity index is 3.15. The lowest BCUT2D eigenvalue weighted by Crippen LogP contribution is -2.09. The molecule has 0 aromatic heterocycles. The molecule has 4 N–H and O–H groups in total. The molecule has 0 saturated heterocycles. The van der Waals surface area contributed by atoms with Crippen LogP contribution in [-0.4, -0.2) is 0 Å². The predicted molar refractivity (Wildman–Crippen MR) is 105 cm³/mol. The van der Waals surface area contributed by atoms with Gasteiger partial charge in [-0.3, -0.25) is 0 Å². The van der Waals surface area contributed by atoms with Gasteiger partial charge in [0, 0.05) is 0 Å². The molecule has 0 spiro atoms.